The smallest absolute Gasteiger partial charge is 0.237 e. The van der Waals surface area contributed by atoms with Gasteiger partial charge in [-0.05, 0) is 24.6 Å². The van der Waals surface area contributed by atoms with E-state index in [9.17, 15) is 4.79 Å². The fourth-order valence-electron chi connectivity index (χ4n) is 4.57. The average molecular weight is 328 g/mol. The summed E-state index contributed by atoms with van der Waals surface area (Å²) in [6, 6.07) is 4.28. The SMILES string of the molecule is CC(C)c1ccc2c(n1)CCN(C(=O)CN1CC3(CN(C)C3)C1)C2. The summed E-state index contributed by atoms with van der Waals surface area (Å²) >= 11 is 0. The molecule has 24 heavy (non-hydrogen) atoms. The van der Waals surface area contributed by atoms with Crippen molar-refractivity contribution in [1.82, 2.24) is 19.7 Å². The van der Waals surface area contributed by atoms with Crippen LogP contribution in [0.3, 0.4) is 0 Å². The molecule has 0 N–H and O–H groups in total. The summed E-state index contributed by atoms with van der Waals surface area (Å²) in [7, 11) is 2.17. The van der Waals surface area contributed by atoms with Gasteiger partial charge < -0.3 is 9.80 Å². The lowest BCUT2D eigenvalue weighted by Gasteiger charge is -2.59. The summed E-state index contributed by atoms with van der Waals surface area (Å²) in [6.07, 6.45) is 0.885. The van der Waals surface area contributed by atoms with Crippen molar-refractivity contribution in [2.75, 3.05) is 46.3 Å². The third-order valence-electron chi connectivity index (χ3n) is 5.70. The Bertz CT molecular complexity index is 643. The van der Waals surface area contributed by atoms with Gasteiger partial charge in [-0.15, -0.1) is 0 Å². The minimum absolute atomic E-state index is 0.274. The summed E-state index contributed by atoms with van der Waals surface area (Å²) in [5.41, 5.74) is 4.07. The van der Waals surface area contributed by atoms with Crippen molar-refractivity contribution in [1.29, 1.82) is 0 Å². The van der Waals surface area contributed by atoms with Gasteiger partial charge in [0.25, 0.3) is 0 Å². The molecule has 0 aromatic carbocycles. The van der Waals surface area contributed by atoms with Crippen LogP contribution < -0.4 is 0 Å². The van der Waals surface area contributed by atoms with E-state index in [1.54, 1.807) is 0 Å². The third-order valence-corrected chi connectivity index (χ3v) is 5.70. The molecule has 5 heteroatoms. The Balaban J connectivity index is 1.32. The van der Waals surface area contributed by atoms with Gasteiger partial charge in [-0.3, -0.25) is 14.7 Å². The zero-order valence-electron chi connectivity index (χ0n) is 15.1. The Morgan fingerprint density at radius 3 is 2.67 bits per heavy atom. The summed E-state index contributed by atoms with van der Waals surface area (Å²) in [4.78, 5) is 24.1. The number of rotatable bonds is 3. The number of pyridine rings is 1. The monoisotopic (exact) mass is 328 g/mol. The molecule has 1 spiro atoms. The van der Waals surface area contributed by atoms with Gasteiger partial charge in [0.15, 0.2) is 0 Å². The van der Waals surface area contributed by atoms with E-state index in [2.05, 4.69) is 42.8 Å². The van der Waals surface area contributed by atoms with Crippen molar-refractivity contribution in [3.8, 4) is 0 Å². The van der Waals surface area contributed by atoms with Crippen LogP contribution >= 0.6 is 0 Å². The van der Waals surface area contributed by atoms with Crippen LogP contribution in [-0.4, -0.2) is 71.9 Å². The lowest BCUT2D eigenvalue weighted by atomic mass is 9.73. The van der Waals surface area contributed by atoms with Gasteiger partial charge in [0.05, 0.1) is 6.54 Å². The number of carbonyl (C=O) groups excluding carboxylic acids is 1. The molecule has 5 nitrogen and oxygen atoms in total. The summed E-state index contributed by atoms with van der Waals surface area (Å²) in [6.45, 7) is 11.0. The highest BCUT2D eigenvalue weighted by molar-refractivity contribution is 5.78. The number of fused-ring (bicyclic) bond motifs is 1. The van der Waals surface area contributed by atoms with Gasteiger partial charge in [-0.25, -0.2) is 0 Å². The van der Waals surface area contributed by atoms with Gasteiger partial charge in [-0.2, -0.15) is 0 Å². The van der Waals surface area contributed by atoms with Crippen LogP contribution in [0.15, 0.2) is 12.1 Å². The van der Waals surface area contributed by atoms with Crippen molar-refractivity contribution in [2.45, 2.75) is 32.7 Å². The van der Waals surface area contributed by atoms with Crippen LogP contribution in [0.25, 0.3) is 0 Å². The van der Waals surface area contributed by atoms with E-state index in [4.69, 9.17) is 4.98 Å². The molecule has 3 aliphatic rings. The lowest BCUT2D eigenvalue weighted by Crippen LogP contribution is -2.71. The molecule has 130 valence electrons. The Labute approximate surface area is 144 Å². The molecule has 1 aromatic rings. The fourth-order valence-corrected chi connectivity index (χ4v) is 4.57. The minimum atomic E-state index is 0.274. The van der Waals surface area contributed by atoms with Gasteiger partial charge in [0.2, 0.25) is 5.91 Å². The summed E-state index contributed by atoms with van der Waals surface area (Å²) in [5, 5.41) is 0. The molecule has 2 saturated heterocycles. The van der Waals surface area contributed by atoms with Gasteiger partial charge in [-0.1, -0.05) is 19.9 Å². The Morgan fingerprint density at radius 1 is 1.25 bits per heavy atom. The van der Waals surface area contributed by atoms with Crippen LogP contribution in [0.5, 0.6) is 0 Å². The molecule has 1 aromatic heterocycles. The van der Waals surface area contributed by atoms with Crippen molar-refractivity contribution in [3.63, 3.8) is 0 Å². The second kappa shape index (κ2) is 5.81. The van der Waals surface area contributed by atoms with E-state index in [-0.39, 0.29) is 5.91 Å². The van der Waals surface area contributed by atoms with Crippen molar-refractivity contribution in [3.05, 3.63) is 29.1 Å². The fraction of sp³-hybridized carbons (Fsp3) is 0.684. The lowest BCUT2D eigenvalue weighted by molar-refractivity contribution is -0.143. The first-order chi connectivity index (χ1) is 11.4. The highest BCUT2D eigenvalue weighted by Gasteiger charge is 2.50. The molecular weight excluding hydrogens is 300 g/mol. The van der Waals surface area contributed by atoms with E-state index in [1.807, 2.05) is 4.90 Å². The van der Waals surface area contributed by atoms with E-state index in [1.165, 1.54) is 24.3 Å². The molecule has 1 amide bonds. The van der Waals surface area contributed by atoms with Gasteiger partial charge >= 0.3 is 0 Å². The Morgan fingerprint density at radius 2 is 2.00 bits per heavy atom. The van der Waals surface area contributed by atoms with Crippen molar-refractivity contribution >= 4 is 5.91 Å². The Hall–Kier alpha value is -1.46. The highest BCUT2D eigenvalue weighted by Crippen LogP contribution is 2.38. The first-order valence-electron chi connectivity index (χ1n) is 9.11. The van der Waals surface area contributed by atoms with Crippen molar-refractivity contribution < 1.29 is 4.79 Å². The topological polar surface area (TPSA) is 39.7 Å². The molecular formula is C19H28N4O. The maximum Gasteiger partial charge on any atom is 0.237 e. The molecule has 4 heterocycles. The highest BCUT2D eigenvalue weighted by atomic mass is 16.2. The quantitative estimate of drug-likeness (QED) is 0.839. The predicted octanol–water partition coefficient (Wildman–Crippen LogP) is 1.34. The molecule has 0 radical (unpaired) electrons. The second-order valence-corrected chi connectivity index (χ2v) is 8.38. The first kappa shape index (κ1) is 16.0. The molecule has 0 saturated carbocycles. The maximum atomic E-state index is 12.6. The third kappa shape index (κ3) is 2.84. The van der Waals surface area contributed by atoms with E-state index in [0.717, 1.165) is 38.3 Å². The van der Waals surface area contributed by atoms with Crippen LogP contribution in [0.1, 0.15) is 36.7 Å². The number of hydrogen-bond acceptors (Lipinski definition) is 4. The average Bonchev–Trinajstić information content (AvgIpc) is 2.50. The number of amides is 1. The molecule has 0 bridgehead atoms. The molecule has 3 aliphatic heterocycles. The Kier molecular flexibility index (Phi) is 3.88. The maximum absolute atomic E-state index is 12.6. The van der Waals surface area contributed by atoms with Crippen LogP contribution in [0.2, 0.25) is 0 Å². The standard InChI is InChI=1S/C19H28N4O/c1-14(2)16-5-4-15-8-23(7-6-17(15)20-16)18(24)9-22-12-19(13-22)10-21(3)11-19/h4-5,14H,6-13H2,1-3H3. The number of likely N-dealkylation sites (tertiary alicyclic amines) is 2. The number of nitrogens with zero attached hydrogens (tertiary/aromatic N) is 4. The molecule has 0 atom stereocenters. The van der Waals surface area contributed by atoms with Crippen molar-refractivity contribution in [2.24, 2.45) is 5.41 Å². The van der Waals surface area contributed by atoms with Crippen LogP contribution in [-0.2, 0) is 17.8 Å². The summed E-state index contributed by atoms with van der Waals surface area (Å²) < 4.78 is 0. The number of hydrogen-bond donors (Lipinski definition) is 0. The molecule has 4 rings (SSSR count). The van der Waals surface area contributed by atoms with Gasteiger partial charge in [0.1, 0.15) is 0 Å². The zero-order chi connectivity index (χ0) is 16.9. The normalized spacial score (nSPS) is 23.1. The molecule has 0 unspecified atom stereocenters. The van der Waals surface area contributed by atoms with Crippen LogP contribution in [0, 0.1) is 5.41 Å². The predicted molar refractivity (Wildman–Crippen MR) is 93.8 cm³/mol. The molecule has 0 aliphatic carbocycles. The van der Waals surface area contributed by atoms with Crippen LogP contribution in [0.4, 0.5) is 0 Å². The number of aromatic nitrogens is 1. The zero-order valence-corrected chi connectivity index (χ0v) is 15.1. The number of carbonyl (C=O) groups is 1. The second-order valence-electron chi connectivity index (χ2n) is 8.38. The van der Waals surface area contributed by atoms with Gasteiger partial charge in [0, 0.05) is 62.5 Å². The minimum Gasteiger partial charge on any atom is -0.337 e. The first-order valence-corrected chi connectivity index (χ1v) is 9.11. The van der Waals surface area contributed by atoms with E-state index < -0.39 is 0 Å². The van der Waals surface area contributed by atoms with E-state index in [0.29, 0.717) is 17.9 Å². The largest absolute Gasteiger partial charge is 0.337 e. The summed E-state index contributed by atoms with van der Waals surface area (Å²) in [5.74, 6) is 0.732. The van der Waals surface area contributed by atoms with E-state index >= 15 is 0 Å². The molecule has 2 fully saturated rings.